The number of nitrogens with zero attached hydrogens (tertiary/aromatic N) is 1. The van der Waals surface area contributed by atoms with Crippen molar-refractivity contribution >= 4 is 17.8 Å². The van der Waals surface area contributed by atoms with Crippen LogP contribution in [-0.2, 0) is 4.79 Å². The van der Waals surface area contributed by atoms with E-state index in [0.717, 1.165) is 19.3 Å². The van der Waals surface area contributed by atoms with Gasteiger partial charge in [-0.1, -0.05) is 72.9 Å². The Bertz CT molecular complexity index is 1040. The van der Waals surface area contributed by atoms with Crippen molar-refractivity contribution in [2.75, 3.05) is 0 Å². The van der Waals surface area contributed by atoms with Gasteiger partial charge in [-0.3, -0.25) is 9.59 Å². The summed E-state index contributed by atoms with van der Waals surface area (Å²) in [5, 5.41) is 3.51. The SMILES string of the molecule is CC1(C(=O)Oc2ccccc2C(=O)NN=C(N)N)C=CC2(C=CC/C=C\C/C=C\C/C=C\2)C1. The van der Waals surface area contributed by atoms with E-state index in [9.17, 15) is 9.59 Å². The van der Waals surface area contributed by atoms with Crippen molar-refractivity contribution in [2.45, 2.75) is 32.6 Å². The summed E-state index contributed by atoms with van der Waals surface area (Å²) < 4.78 is 5.70. The van der Waals surface area contributed by atoms with E-state index in [0.29, 0.717) is 6.42 Å². The third-order valence-corrected chi connectivity index (χ3v) is 5.53. The fraction of sp³-hybridized carbons (Fsp3) is 0.269. The molecule has 5 N–H and O–H groups in total. The Morgan fingerprint density at radius 2 is 1.52 bits per heavy atom. The molecule has 0 radical (unpaired) electrons. The molecular weight excluding hydrogens is 416 g/mol. The van der Waals surface area contributed by atoms with E-state index < -0.39 is 17.3 Å². The van der Waals surface area contributed by atoms with Crippen LogP contribution < -0.4 is 21.6 Å². The highest BCUT2D eigenvalue weighted by Gasteiger charge is 2.44. The maximum absolute atomic E-state index is 13.2. The number of carbonyl (C=O) groups excluding carboxylic acids is 2. The lowest BCUT2D eigenvalue weighted by Gasteiger charge is -2.27. The van der Waals surface area contributed by atoms with Crippen LogP contribution >= 0.6 is 0 Å². The number of hydrogen-bond donors (Lipinski definition) is 3. The summed E-state index contributed by atoms with van der Waals surface area (Å²) in [5.74, 6) is -1.16. The lowest BCUT2D eigenvalue weighted by Crippen LogP contribution is -2.32. The molecule has 1 aromatic rings. The number of esters is 1. The number of amides is 1. The van der Waals surface area contributed by atoms with Gasteiger partial charge in [0.15, 0.2) is 0 Å². The van der Waals surface area contributed by atoms with E-state index in [1.165, 1.54) is 6.07 Å². The fourth-order valence-electron chi connectivity index (χ4n) is 3.85. The second-order valence-corrected chi connectivity index (χ2v) is 8.36. The molecule has 0 saturated carbocycles. The molecule has 1 aromatic carbocycles. The molecule has 0 aliphatic heterocycles. The molecule has 2 unspecified atom stereocenters. The van der Waals surface area contributed by atoms with Crippen LogP contribution in [0.4, 0.5) is 0 Å². The molecule has 1 amide bonds. The van der Waals surface area contributed by atoms with Gasteiger partial charge in [0.2, 0.25) is 5.96 Å². The molecule has 7 nitrogen and oxygen atoms in total. The molecule has 2 aliphatic carbocycles. The Hall–Kier alpha value is -3.87. The van der Waals surface area contributed by atoms with Gasteiger partial charge in [-0.15, -0.1) is 5.10 Å². The van der Waals surface area contributed by atoms with Crippen molar-refractivity contribution in [2.24, 2.45) is 27.4 Å². The van der Waals surface area contributed by atoms with E-state index in [4.69, 9.17) is 16.2 Å². The Kier molecular flexibility index (Phi) is 7.66. The predicted molar refractivity (Wildman–Crippen MR) is 130 cm³/mol. The first-order chi connectivity index (χ1) is 15.8. The Balaban J connectivity index is 1.78. The molecular formula is C26H30N4O3. The molecule has 172 valence electrons. The average molecular weight is 447 g/mol. The number of nitrogens with two attached hydrogens (primary N) is 2. The molecule has 2 atom stereocenters. The first kappa shape index (κ1) is 23.8. The van der Waals surface area contributed by atoms with Crippen LogP contribution in [0, 0.1) is 10.8 Å². The van der Waals surface area contributed by atoms with Crippen LogP contribution in [0.3, 0.4) is 0 Å². The summed E-state index contributed by atoms with van der Waals surface area (Å²) in [6.07, 6.45) is 24.2. The topological polar surface area (TPSA) is 120 Å². The number of hydrazone groups is 1. The van der Waals surface area contributed by atoms with Gasteiger partial charge >= 0.3 is 5.97 Å². The summed E-state index contributed by atoms with van der Waals surface area (Å²) in [6, 6.07) is 6.45. The zero-order chi connectivity index (χ0) is 23.7. The van der Waals surface area contributed by atoms with Crippen LogP contribution in [0.2, 0.25) is 0 Å². The van der Waals surface area contributed by atoms with Gasteiger partial charge < -0.3 is 16.2 Å². The zero-order valence-electron chi connectivity index (χ0n) is 18.7. The van der Waals surface area contributed by atoms with Gasteiger partial charge in [0, 0.05) is 5.41 Å². The van der Waals surface area contributed by atoms with Crippen molar-refractivity contribution in [1.82, 2.24) is 5.43 Å². The number of nitrogens with one attached hydrogen (secondary N) is 1. The third-order valence-electron chi connectivity index (χ3n) is 5.53. The fourth-order valence-corrected chi connectivity index (χ4v) is 3.85. The van der Waals surface area contributed by atoms with Gasteiger partial charge in [-0.25, -0.2) is 5.43 Å². The van der Waals surface area contributed by atoms with Gasteiger partial charge in [0.1, 0.15) is 5.75 Å². The van der Waals surface area contributed by atoms with E-state index >= 15 is 0 Å². The summed E-state index contributed by atoms with van der Waals surface area (Å²) in [4.78, 5) is 25.7. The van der Waals surface area contributed by atoms with Crippen molar-refractivity contribution < 1.29 is 14.3 Å². The highest BCUT2D eigenvalue weighted by molar-refractivity contribution is 5.98. The van der Waals surface area contributed by atoms with Crippen molar-refractivity contribution in [3.63, 3.8) is 0 Å². The minimum atomic E-state index is -0.860. The lowest BCUT2D eigenvalue weighted by atomic mass is 9.78. The van der Waals surface area contributed by atoms with Gasteiger partial charge in [-0.2, -0.15) is 0 Å². The Morgan fingerprint density at radius 3 is 2.15 bits per heavy atom. The second kappa shape index (κ2) is 10.6. The van der Waals surface area contributed by atoms with E-state index in [1.54, 1.807) is 18.2 Å². The highest BCUT2D eigenvalue weighted by Crippen LogP contribution is 2.46. The van der Waals surface area contributed by atoms with Crippen molar-refractivity contribution in [1.29, 1.82) is 0 Å². The normalized spacial score (nSPS) is 27.1. The molecule has 0 bridgehead atoms. The van der Waals surface area contributed by atoms with Crippen LogP contribution in [0.1, 0.15) is 43.0 Å². The van der Waals surface area contributed by atoms with E-state index in [1.807, 2.05) is 13.0 Å². The number of hydrogen-bond acceptors (Lipinski definition) is 4. The maximum Gasteiger partial charge on any atom is 0.321 e. The molecule has 3 rings (SSSR count). The number of carbonyl (C=O) groups is 2. The number of ether oxygens (including phenoxy) is 1. The minimum Gasteiger partial charge on any atom is -0.425 e. The van der Waals surface area contributed by atoms with Crippen LogP contribution in [0.25, 0.3) is 0 Å². The third kappa shape index (κ3) is 6.32. The number of guanidine groups is 1. The molecule has 0 aromatic heterocycles. The molecule has 0 fully saturated rings. The van der Waals surface area contributed by atoms with Crippen LogP contribution in [0.5, 0.6) is 5.75 Å². The molecule has 33 heavy (non-hydrogen) atoms. The summed E-state index contributed by atoms with van der Waals surface area (Å²) >= 11 is 0. The maximum atomic E-state index is 13.2. The molecule has 2 aliphatic rings. The van der Waals surface area contributed by atoms with Crippen LogP contribution in [0.15, 0.2) is 90.1 Å². The predicted octanol–water partition coefficient (Wildman–Crippen LogP) is 3.87. The Labute approximate surface area is 194 Å². The first-order valence-electron chi connectivity index (χ1n) is 10.9. The molecule has 0 heterocycles. The Morgan fingerprint density at radius 1 is 0.909 bits per heavy atom. The summed E-state index contributed by atoms with van der Waals surface area (Å²) in [7, 11) is 0. The second-order valence-electron chi connectivity index (χ2n) is 8.36. The summed E-state index contributed by atoms with van der Waals surface area (Å²) in [6.45, 7) is 1.85. The smallest absolute Gasteiger partial charge is 0.321 e. The van der Waals surface area contributed by atoms with Gasteiger partial charge in [-0.05, 0) is 44.7 Å². The quantitative estimate of drug-likeness (QED) is 0.162. The van der Waals surface area contributed by atoms with E-state index in [2.05, 4.69) is 65.2 Å². The standard InChI is InChI=1S/C26H30N4O3/c1-25(17-18-26(19-25)15-11-7-5-3-2-4-6-8-12-16-26)23(32)33-21-14-10-9-13-20(21)22(31)29-30-24(27)28/h3-6,9-18H,2,7-8,19H2,1H3,(H,29,31)(H4,27,28,30)/b5-3-,6-4-,15-11-,16-12?. The highest BCUT2D eigenvalue weighted by atomic mass is 16.5. The van der Waals surface area contributed by atoms with Gasteiger partial charge in [0.25, 0.3) is 5.91 Å². The lowest BCUT2D eigenvalue weighted by molar-refractivity contribution is -0.142. The van der Waals surface area contributed by atoms with Crippen molar-refractivity contribution in [3.8, 4) is 5.75 Å². The number of rotatable bonds is 4. The molecule has 7 heteroatoms. The van der Waals surface area contributed by atoms with Crippen LogP contribution in [-0.4, -0.2) is 17.8 Å². The number of para-hydroxylation sites is 1. The van der Waals surface area contributed by atoms with Crippen molar-refractivity contribution in [3.05, 3.63) is 90.6 Å². The molecule has 1 spiro atoms. The first-order valence-corrected chi connectivity index (χ1v) is 10.9. The van der Waals surface area contributed by atoms with Gasteiger partial charge in [0.05, 0.1) is 11.0 Å². The monoisotopic (exact) mass is 446 g/mol. The number of allylic oxidation sites excluding steroid dienone is 9. The minimum absolute atomic E-state index is 0.140. The largest absolute Gasteiger partial charge is 0.425 e. The average Bonchev–Trinajstić information content (AvgIpc) is 3.13. The number of benzene rings is 1. The summed E-state index contributed by atoms with van der Waals surface area (Å²) in [5.41, 5.74) is 11.7. The molecule has 0 saturated heterocycles. The van der Waals surface area contributed by atoms with E-state index in [-0.39, 0.29) is 22.7 Å². The zero-order valence-corrected chi connectivity index (χ0v) is 18.7.